The molecular weight excluding hydrogens is 668 g/mol. The number of likely N-dealkylation sites (N-methyl/N-ethyl adjacent to an activating group) is 1. The Bertz CT molecular complexity index is 2100. The van der Waals surface area contributed by atoms with Crippen molar-refractivity contribution in [3.05, 3.63) is 39.9 Å². The Kier molecular flexibility index (Phi) is 7.99. The molecule has 2 saturated heterocycles. The molecule has 248 valence electrons. The monoisotopic (exact) mass is 701 g/mol. The lowest BCUT2D eigenvalue weighted by Crippen LogP contribution is -2.63. The van der Waals surface area contributed by atoms with Gasteiger partial charge < -0.3 is 15.4 Å². The molecule has 2 fully saturated rings. The van der Waals surface area contributed by atoms with E-state index in [9.17, 15) is 18.1 Å². The molecule has 0 saturated carbocycles. The van der Waals surface area contributed by atoms with Crippen molar-refractivity contribution < 1.29 is 21.9 Å². The zero-order valence-electron chi connectivity index (χ0n) is 26.3. The number of hydrogen-bond donors (Lipinski definition) is 1. The number of sulfonamides is 1. The highest BCUT2D eigenvalue weighted by molar-refractivity contribution is 7.89. The highest BCUT2D eigenvalue weighted by Gasteiger charge is 2.43. The largest absolute Gasteiger partial charge is 0.459 e. The average Bonchev–Trinajstić information content (AvgIpc) is 3.59. The predicted molar refractivity (Wildman–Crippen MR) is 181 cm³/mol. The van der Waals surface area contributed by atoms with Gasteiger partial charge in [-0.25, -0.2) is 17.2 Å². The minimum Gasteiger partial charge on any atom is -0.459 e. The summed E-state index contributed by atoms with van der Waals surface area (Å²) in [6, 6.07) is 4.62. The summed E-state index contributed by atoms with van der Waals surface area (Å²) in [5, 5.41) is 10.2. The lowest BCUT2D eigenvalue weighted by molar-refractivity contribution is 0.112. The van der Waals surface area contributed by atoms with E-state index in [0.29, 0.717) is 29.7 Å². The maximum Gasteiger partial charge on any atom is 0.319 e. The van der Waals surface area contributed by atoms with Crippen LogP contribution in [0.5, 0.6) is 6.01 Å². The third kappa shape index (κ3) is 5.01. The molecule has 2 aromatic carbocycles. The summed E-state index contributed by atoms with van der Waals surface area (Å²) in [7, 11) is -1.40. The van der Waals surface area contributed by atoms with Gasteiger partial charge in [0.05, 0.1) is 32.0 Å². The SMILES string of the molecule is CC(C)S(=O)(=O)N1CC(N2CCc3c(Cl)c(-c4ccc(F)c5sc(N)c(C#N)c45)c(F)c4nc(O[C@@H](C)[C@@H]5CCCN5C)nc2c34)C1. The lowest BCUT2D eigenvalue weighted by Gasteiger charge is -2.47. The molecule has 0 radical (unpaired) electrons. The Balaban J connectivity index is 1.41. The average molecular weight is 702 g/mol. The van der Waals surface area contributed by atoms with E-state index in [2.05, 4.69) is 9.88 Å². The van der Waals surface area contributed by atoms with Crippen LogP contribution in [-0.2, 0) is 16.4 Å². The van der Waals surface area contributed by atoms with Gasteiger partial charge in [0, 0.05) is 36.6 Å². The molecule has 5 heterocycles. The molecule has 10 nitrogen and oxygen atoms in total. The Labute approximate surface area is 280 Å². The van der Waals surface area contributed by atoms with Crippen molar-refractivity contribution in [2.24, 2.45) is 0 Å². The van der Waals surface area contributed by atoms with Crippen molar-refractivity contribution in [3.8, 4) is 23.2 Å². The summed E-state index contributed by atoms with van der Waals surface area (Å²) in [5.74, 6) is -0.899. The quantitative estimate of drug-likeness (QED) is 0.264. The molecule has 2 N–H and O–H groups in total. The molecule has 0 spiro atoms. The number of rotatable bonds is 7. The van der Waals surface area contributed by atoms with E-state index in [4.69, 9.17) is 27.1 Å². The molecule has 47 heavy (non-hydrogen) atoms. The number of nitrogen functional groups attached to an aromatic ring is 1. The normalized spacial score (nSPS) is 19.9. The molecule has 3 aliphatic rings. The number of aromatic nitrogens is 2. The molecule has 0 aliphatic carbocycles. The van der Waals surface area contributed by atoms with Gasteiger partial charge in [-0.05, 0) is 70.8 Å². The number of hydrogen-bond acceptors (Lipinski definition) is 10. The maximum absolute atomic E-state index is 17.1. The van der Waals surface area contributed by atoms with Gasteiger partial charge in [0.1, 0.15) is 34.3 Å². The van der Waals surface area contributed by atoms with Crippen molar-refractivity contribution in [2.45, 2.75) is 63.5 Å². The Hall–Kier alpha value is -3.35. The van der Waals surface area contributed by atoms with Crippen LogP contribution in [0.1, 0.15) is 44.7 Å². The molecule has 0 amide bonds. The number of benzene rings is 2. The van der Waals surface area contributed by atoms with Crippen LogP contribution in [0.15, 0.2) is 12.1 Å². The van der Waals surface area contributed by atoms with Gasteiger partial charge in [-0.3, -0.25) is 4.90 Å². The van der Waals surface area contributed by atoms with E-state index in [-0.39, 0.29) is 79.6 Å². The zero-order chi connectivity index (χ0) is 33.5. The second-order valence-corrected chi connectivity index (χ2v) is 16.7. The van der Waals surface area contributed by atoms with Crippen LogP contribution in [0.2, 0.25) is 5.02 Å². The highest BCUT2D eigenvalue weighted by Crippen LogP contribution is 2.49. The zero-order valence-corrected chi connectivity index (χ0v) is 28.7. The number of nitriles is 1. The first-order valence-electron chi connectivity index (χ1n) is 15.6. The fraction of sp³-hybridized carbons (Fsp3) is 0.469. The molecule has 2 aromatic heterocycles. The second kappa shape index (κ2) is 11.7. The summed E-state index contributed by atoms with van der Waals surface area (Å²) in [5.41, 5.74) is 6.99. The van der Waals surface area contributed by atoms with Crippen LogP contribution in [-0.4, -0.2) is 84.3 Å². The standard InChI is InChI=1S/C32H34ClF2N7O3S2/c1-15(2)47(43,44)41-13-17(14-41)42-11-9-19-25-28(38-32(39-31(25)42)45-16(3)22-6-5-10-40(22)4)27(35)24(26(19)33)18-7-8-21(34)29-23(18)20(12-36)30(37)46-29/h7-8,15-17,22H,5-6,9-11,13-14,37H2,1-4H3/t16-,22-/m0/s1. The minimum absolute atomic E-state index is 0.000984. The van der Waals surface area contributed by atoms with Crippen LogP contribution < -0.4 is 15.4 Å². The van der Waals surface area contributed by atoms with Gasteiger partial charge in [-0.15, -0.1) is 11.3 Å². The van der Waals surface area contributed by atoms with Crippen LogP contribution in [0.25, 0.3) is 32.1 Å². The maximum atomic E-state index is 17.1. The molecule has 3 aliphatic heterocycles. The van der Waals surface area contributed by atoms with Gasteiger partial charge in [0.15, 0.2) is 5.82 Å². The van der Waals surface area contributed by atoms with E-state index in [0.717, 1.165) is 30.7 Å². The minimum atomic E-state index is -3.43. The first-order chi connectivity index (χ1) is 22.3. The first-order valence-corrected chi connectivity index (χ1v) is 18.3. The van der Waals surface area contributed by atoms with Gasteiger partial charge in [0.25, 0.3) is 0 Å². The van der Waals surface area contributed by atoms with Gasteiger partial charge >= 0.3 is 6.01 Å². The fourth-order valence-corrected chi connectivity index (χ4v) is 9.85. The molecule has 0 bridgehead atoms. The first kappa shape index (κ1) is 32.2. The summed E-state index contributed by atoms with van der Waals surface area (Å²) < 4.78 is 65.6. The Morgan fingerprint density at radius 2 is 1.91 bits per heavy atom. The molecule has 15 heteroatoms. The summed E-state index contributed by atoms with van der Waals surface area (Å²) in [6.45, 7) is 7.19. The molecular formula is C32H34ClF2N7O3S2. The van der Waals surface area contributed by atoms with Crippen LogP contribution in [0.4, 0.5) is 19.6 Å². The van der Waals surface area contributed by atoms with Crippen molar-refractivity contribution in [1.29, 1.82) is 5.26 Å². The molecule has 0 unspecified atom stereocenters. The number of nitrogens with two attached hydrogens (primary N) is 1. The Morgan fingerprint density at radius 3 is 2.57 bits per heavy atom. The number of likely N-dealkylation sites (tertiary alicyclic amines) is 1. The number of anilines is 2. The van der Waals surface area contributed by atoms with Gasteiger partial charge in [0.2, 0.25) is 10.0 Å². The number of thiophene rings is 1. The molecule has 2 atom stereocenters. The molecule has 4 aromatic rings. The van der Waals surface area contributed by atoms with Crippen molar-refractivity contribution in [1.82, 2.24) is 19.2 Å². The van der Waals surface area contributed by atoms with E-state index in [1.165, 1.54) is 16.4 Å². The smallest absolute Gasteiger partial charge is 0.319 e. The number of fused-ring (bicyclic) bond motifs is 1. The van der Waals surface area contributed by atoms with Gasteiger partial charge in [-0.1, -0.05) is 17.7 Å². The summed E-state index contributed by atoms with van der Waals surface area (Å²) >= 11 is 7.98. The Morgan fingerprint density at radius 1 is 1.17 bits per heavy atom. The van der Waals surface area contributed by atoms with E-state index in [1.54, 1.807) is 13.8 Å². The van der Waals surface area contributed by atoms with Crippen LogP contribution in [0.3, 0.4) is 0 Å². The fourth-order valence-electron chi connectivity index (χ4n) is 7.17. The second-order valence-electron chi connectivity index (χ2n) is 12.8. The highest BCUT2D eigenvalue weighted by atomic mass is 35.5. The van der Waals surface area contributed by atoms with E-state index in [1.807, 2.05) is 24.9 Å². The van der Waals surface area contributed by atoms with Crippen LogP contribution >= 0.6 is 22.9 Å². The topological polar surface area (TPSA) is 129 Å². The third-order valence-corrected chi connectivity index (χ3v) is 13.4. The molecule has 7 rings (SSSR count). The predicted octanol–water partition coefficient (Wildman–Crippen LogP) is 5.54. The number of nitrogens with zero attached hydrogens (tertiary/aromatic N) is 6. The summed E-state index contributed by atoms with van der Waals surface area (Å²) in [4.78, 5) is 13.7. The van der Waals surface area contributed by atoms with E-state index >= 15 is 4.39 Å². The van der Waals surface area contributed by atoms with Crippen molar-refractivity contribution in [3.63, 3.8) is 0 Å². The van der Waals surface area contributed by atoms with E-state index < -0.39 is 26.9 Å². The van der Waals surface area contributed by atoms with Crippen molar-refractivity contribution >= 4 is 64.8 Å². The lowest BCUT2D eigenvalue weighted by atomic mass is 9.91. The number of ether oxygens (including phenoxy) is 1. The van der Waals surface area contributed by atoms with Crippen LogP contribution in [0, 0.1) is 23.0 Å². The summed E-state index contributed by atoms with van der Waals surface area (Å²) in [6.07, 6.45) is 2.08. The van der Waals surface area contributed by atoms with Crippen molar-refractivity contribution in [2.75, 3.05) is 43.9 Å². The number of halogens is 3. The third-order valence-electron chi connectivity index (χ3n) is 9.79. The van der Waals surface area contributed by atoms with Gasteiger partial charge in [-0.2, -0.15) is 19.5 Å².